The number of benzene rings is 1. The second-order valence-corrected chi connectivity index (χ2v) is 6.66. The lowest BCUT2D eigenvalue weighted by atomic mass is 9.94. The van der Waals surface area contributed by atoms with Crippen LogP contribution in [0.4, 0.5) is 5.69 Å². The minimum absolute atomic E-state index is 0.0232. The predicted molar refractivity (Wildman–Crippen MR) is 98.5 cm³/mol. The molecule has 0 unspecified atom stereocenters. The predicted octanol–water partition coefficient (Wildman–Crippen LogP) is 3.57. The van der Waals surface area contributed by atoms with Crippen molar-refractivity contribution in [2.45, 2.75) is 52.0 Å². The largest absolute Gasteiger partial charge is 0.339 e. The molecule has 2 amide bonds. The highest BCUT2D eigenvalue weighted by Crippen LogP contribution is 2.22. The number of nitrogens with one attached hydrogen (secondary N) is 1. The van der Waals surface area contributed by atoms with Crippen molar-refractivity contribution in [2.75, 3.05) is 12.4 Å². The van der Waals surface area contributed by atoms with Gasteiger partial charge in [0.2, 0.25) is 11.8 Å². The summed E-state index contributed by atoms with van der Waals surface area (Å²) in [7, 11) is 1.81. The second-order valence-electron chi connectivity index (χ2n) is 6.66. The first-order valence-electron chi connectivity index (χ1n) is 8.76. The number of anilines is 1. The molecule has 0 atom stereocenters. The van der Waals surface area contributed by atoms with Crippen LogP contribution in [0.1, 0.15) is 56.3 Å². The molecule has 0 aliphatic heterocycles. The van der Waals surface area contributed by atoms with Crippen LogP contribution in [0.2, 0.25) is 0 Å². The van der Waals surface area contributed by atoms with Crippen molar-refractivity contribution in [3.8, 4) is 0 Å². The topological polar surface area (TPSA) is 66.5 Å². The van der Waals surface area contributed by atoms with Gasteiger partial charge in [-0.3, -0.25) is 14.4 Å². The van der Waals surface area contributed by atoms with Crippen LogP contribution in [0.25, 0.3) is 0 Å². The van der Waals surface area contributed by atoms with Crippen molar-refractivity contribution < 1.29 is 14.4 Å². The van der Waals surface area contributed by atoms with E-state index in [9.17, 15) is 14.4 Å². The summed E-state index contributed by atoms with van der Waals surface area (Å²) in [6.07, 6.45) is 6.94. The molecule has 1 aromatic rings. The standard InChI is InChI=1S/C20H26N2O3/c1-14(20(25)22(3)18-7-5-4-6-8-18)13-19(24)21-17-11-9-16(10-12-17)15(2)23/h9-13,18H,4-8H2,1-3H3,(H,21,24)/b14-13-. The number of hydrogen-bond donors (Lipinski definition) is 1. The third-order valence-electron chi connectivity index (χ3n) is 4.69. The molecule has 25 heavy (non-hydrogen) atoms. The summed E-state index contributed by atoms with van der Waals surface area (Å²) in [5, 5.41) is 2.71. The summed E-state index contributed by atoms with van der Waals surface area (Å²) < 4.78 is 0. The SMILES string of the molecule is CC(=O)c1ccc(NC(=O)/C=C(/C)C(=O)N(C)C2CCCCC2)cc1. The first kappa shape index (κ1) is 18.9. The summed E-state index contributed by atoms with van der Waals surface area (Å²) in [6.45, 7) is 3.16. The normalized spacial score (nSPS) is 15.6. The first-order chi connectivity index (χ1) is 11.9. The van der Waals surface area contributed by atoms with Crippen LogP contribution in [0, 0.1) is 0 Å². The molecule has 1 fully saturated rings. The van der Waals surface area contributed by atoms with Crippen molar-refractivity contribution in [1.29, 1.82) is 0 Å². The van der Waals surface area contributed by atoms with Gasteiger partial charge in [0.1, 0.15) is 0 Å². The van der Waals surface area contributed by atoms with Crippen LogP contribution >= 0.6 is 0 Å². The van der Waals surface area contributed by atoms with Gasteiger partial charge in [0.25, 0.3) is 0 Å². The molecule has 2 rings (SSSR count). The maximum atomic E-state index is 12.5. The molecule has 1 aliphatic rings. The Bertz CT molecular complexity index is 671. The Kier molecular flexibility index (Phi) is 6.51. The van der Waals surface area contributed by atoms with Crippen LogP contribution in [-0.4, -0.2) is 35.6 Å². The zero-order chi connectivity index (χ0) is 18.4. The maximum absolute atomic E-state index is 12.5. The Morgan fingerprint density at radius 2 is 1.64 bits per heavy atom. The van der Waals surface area contributed by atoms with Crippen molar-refractivity contribution in [3.63, 3.8) is 0 Å². The van der Waals surface area contributed by atoms with Gasteiger partial charge in [0, 0.05) is 36.0 Å². The summed E-state index contributed by atoms with van der Waals surface area (Å²) in [6, 6.07) is 6.95. The van der Waals surface area contributed by atoms with E-state index < -0.39 is 0 Å². The number of rotatable bonds is 5. The molecule has 5 heteroatoms. The van der Waals surface area contributed by atoms with Gasteiger partial charge < -0.3 is 10.2 Å². The number of ketones is 1. The number of nitrogens with zero attached hydrogens (tertiary/aromatic N) is 1. The highest BCUT2D eigenvalue weighted by molar-refractivity contribution is 6.06. The number of Topliss-reactive ketones (excluding diaryl/α,β-unsaturated/α-hetero) is 1. The van der Waals surface area contributed by atoms with Crippen molar-refractivity contribution in [3.05, 3.63) is 41.5 Å². The third kappa shape index (κ3) is 5.28. The Balaban J connectivity index is 1.96. The van der Waals surface area contributed by atoms with Gasteiger partial charge in [-0.2, -0.15) is 0 Å². The van der Waals surface area contributed by atoms with Crippen LogP contribution in [0.15, 0.2) is 35.9 Å². The quantitative estimate of drug-likeness (QED) is 0.657. The summed E-state index contributed by atoms with van der Waals surface area (Å²) >= 11 is 0. The Morgan fingerprint density at radius 3 is 2.20 bits per heavy atom. The average Bonchev–Trinajstić information content (AvgIpc) is 2.61. The zero-order valence-electron chi connectivity index (χ0n) is 15.2. The minimum atomic E-state index is -0.349. The number of hydrogen-bond acceptors (Lipinski definition) is 3. The fourth-order valence-electron chi connectivity index (χ4n) is 3.14. The molecule has 0 spiro atoms. The van der Waals surface area contributed by atoms with Gasteiger partial charge in [0.15, 0.2) is 5.78 Å². The van der Waals surface area contributed by atoms with E-state index in [0.717, 1.165) is 25.7 Å². The molecule has 0 saturated heterocycles. The van der Waals surface area contributed by atoms with Gasteiger partial charge in [-0.1, -0.05) is 19.3 Å². The van der Waals surface area contributed by atoms with Crippen molar-refractivity contribution in [1.82, 2.24) is 4.90 Å². The highest BCUT2D eigenvalue weighted by atomic mass is 16.2. The molecular weight excluding hydrogens is 316 g/mol. The van der Waals surface area contributed by atoms with Crippen LogP contribution < -0.4 is 5.32 Å². The van der Waals surface area contributed by atoms with E-state index >= 15 is 0 Å². The molecule has 0 heterocycles. The number of carbonyl (C=O) groups excluding carboxylic acids is 3. The van der Waals surface area contributed by atoms with E-state index in [2.05, 4.69) is 5.32 Å². The fourth-order valence-corrected chi connectivity index (χ4v) is 3.14. The molecule has 1 saturated carbocycles. The Morgan fingerprint density at radius 1 is 1.04 bits per heavy atom. The molecule has 0 bridgehead atoms. The molecule has 1 N–H and O–H groups in total. The second kappa shape index (κ2) is 8.60. The lowest BCUT2D eigenvalue weighted by Crippen LogP contribution is -2.38. The van der Waals surface area contributed by atoms with Gasteiger partial charge in [-0.25, -0.2) is 0 Å². The number of carbonyl (C=O) groups is 3. The molecule has 5 nitrogen and oxygen atoms in total. The first-order valence-corrected chi connectivity index (χ1v) is 8.76. The van der Waals surface area contributed by atoms with Crippen LogP contribution in [0.3, 0.4) is 0 Å². The van der Waals surface area contributed by atoms with Gasteiger partial charge in [-0.05, 0) is 51.0 Å². The Hall–Kier alpha value is -2.43. The minimum Gasteiger partial charge on any atom is -0.339 e. The van der Waals surface area contributed by atoms with Gasteiger partial charge in [-0.15, -0.1) is 0 Å². The van der Waals surface area contributed by atoms with E-state index in [1.54, 1.807) is 36.1 Å². The van der Waals surface area contributed by atoms with E-state index in [-0.39, 0.29) is 23.6 Å². The lowest BCUT2D eigenvalue weighted by molar-refractivity contribution is -0.128. The molecule has 0 aromatic heterocycles. The smallest absolute Gasteiger partial charge is 0.249 e. The molecular formula is C20H26N2O3. The number of amides is 2. The summed E-state index contributed by atoms with van der Waals surface area (Å²) in [4.78, 5) is 37.6. The van der Waals surface area contributed by atoms with E-state index in [0.29, 0.717) is 16.8 Å². The molecule has 1 aliphatic carbocycles. The van der Waals surface area contributed by atoms with Crippen LogP contribution in [0.5, 0.6) is 0 Å². The highest BCUT2D eigenvalue weighted by Gasteiger charge is 2.23. The Labute approximate surface area is 149 Å². The van der Waals surface area contributed by atoms with Gasteiger partial charge in [0.05, 0.1) is 0 Å². The lowest BCUT2D eigenvalue weighted by Gasteiger charge is -2.31. The van der Waals surface area contributed by atoms with E-state index in [1.807, 2.05) is 7.05 Å². The average molecular weight is 342 g/mol. The molecule has 1 aromatic carbocycles. The van der Waals surface area contributed by atoms with E-state index in [4.69, 9.17) is 0 Å². The summed E-state index contributed by atoms with van der Waals surface area (Å²) in [5.74, 6) is -0.475. The molecule has 0 radical (unpaired) electrons. The van der Waals surface area contributed by atoms with E-state index in [1.165, 1.54) is 19.4 Å². The zero-order valence-corrected chi connectivity index (χ0v) is 15.2. The number of likely N-dealkylation sites (N-methyl/N-ethyl adjacent to an activating group) is 1. The third-order valence-corrected chi connectivity index (χ3v) is 4.69. The van der Waals surface area contributed by atoms with Crippen molar-refractivity contribution in [2.24, 2.45) is 0 Å². The monoisotopic (exact) mass is 342 g/mol. The molecule has 134 valence electrons. The van der Waals surface area contributed by atoms with Crippen LogP contribution in [-0.2, 0) is 9.59 Å². The van der Waals surface area contributed by atoms with Gasteiger partial charge >= 0.3 is 0 Å². The maximum Gasteiger partial charge on any atom is 0.249 e. The summed E-state index contributed by atoms with van der Waals surface area (Å²) in [5.41, 5.74) is 1.60. The fraction of sp³-hybridized carbons (Fsp3) is 0.450. The van der Waals surface area contributed by atoms with Crippen molar-refractivity contribution >= 4 is 23.3 Å².